The smallest absolute Gasteiger partial charge is 0.244 e. The number of benzene rings is 1. The molecule has 0 bridgehead atoms. The Kier molecular flexibility index (Phi) is 4.05. The second-order valence-electron chi connectivity index (χ2n) is 7.06. The summed E-state index contributed by atoms with van der Waals surface area (Å²) < 4.78 is 6.23. The van der Waals surface area contributed by atoms with Gasteiger partial charge < -0.3 is 15.4 Å². The van der Waals surface area contributed by atoms with Crippen LogP contribution in [0.2, 0.25) is 0 Å². The zero-order chi connectivity index (χ0) is 16.5. The van der Waals surface area contributed by atoms with E-state index in [-0.39, 0.29) is 5.91 Å². The van der Waals surface area contributed by atoms with Gasteiger partial charge in [0, 0.05) is 12.1 Å². The summed E-state index contributed by atoms with van der Waals surface area (Å²) in [5.41, 5.74) is 7.94. The van der Waals surface area contributed by atoms with E-state index in [1.54, 1.807) is 0 Å². The van der Waals surface area contributed by atoms with E-state index in [0.29, 0.717) is 18.4 Å². The molecule has 3 aliphatic rings. The third kappa shape index (κ3) is 3.18. The molecule has 4 heteroatoms. The molecule has 0 saturated heterocycles. The molecule has 1 aromatic carbocycles. The van der Waals surface area contributed by atoms with Crippen molar-refractivity contribution in [3.63, 3.8) is 0 Å². The number of nitrogens with two attached hydrogens (primary N) is 1. The standard InChI is InChI=1S/C20H24N2O2/c21-19(23)18(16-5-2-1-3-6-16)22-12-4-7-17(15-10-11-15)20(22)24-13-14-8-9-14/h1-7,14-15,18H,8-13H2,(H2,21,23)/t18-/m0/s1. The Morgan fingerprint density at radius 1 is 1.21 bits per heavy atom. The summed E-state index contributed by atoms with van der Waals surface area (Å²) in [6.45, 7) is 1.40. The van der Waals surface area contributed by atoms with Crippen molar-refractivity contribution in [3.05, 3.63) is 59.5 Å². The third-order valence-electron chi connectivity index (χ3n) is 4.97. The Hall–Kier alpha value is -2.23. The number of hydrogen-bond acceptors (Lipinski definition) is 3. The molecule has 2 N–H and O–H groups in total. The van der Waals surface area contributed by atoms with Gasteiger partial charge in [-0.15, -0.1) is 0 Å². The highest BCUT2D eigenvalue weighted by Crippen LogP contribution is 2.43. The van der Waals surface area contributed by atoms with Gasteiger partial charge in [0.1, 0.15) is 6.04 Å². The highest BCUT2D eigenvalue weighted by Gasteiger charge is 2.36. The van der Waals surface area contributed by atoms with Crippen LogP contribution in [0.5, 0.6) is 0 Å². The van der Waals surface area contributed by atoms with E-state index in [4.69, 9.17) is 10.5 Å². The summed E-state index contributed by atoms with van der Waals surface area (Å²) in [5, 5.41) is 0. The second kappa shape index (κ2) is 6.34. The summed E-state index contributed by atoms with van der Waals surface area (Å²) in [6.07, 6.45) is 9.21. The van der Waals surface area contributed by atoms with E-state index >= 15 is 0 Å². The largest absolute Gasteiger partial charge is 0.479 e. The maximum Gasteiger partial charge on any atom is 0.244 e. The van der Waals surface area contributed by atoms with E-state index < -0.39 is 6.04 Å². The van der Waals surface area contributed by atoms with Crippen molar-refractivity contribution in [2.45, 2.75) is 31.7 Å². The van der Waals surface area contributed by atoms with Gasteiger partial charge in [-0.25, -0.2) is 0 Å². The molecule has 2 fully saturated rings. The van der Waals surface area contributed by atoms with Crippen molar-refractivity contribution >= 4 is 5.91 Å². The van der Waals surface area contributed by atoms with Crippen molar-refractivity contribution in [1.29, 1.82) is 0 Å². The number of carbonyl (C=O) groups is 1. The minimum Gasteiger partial charge on any atom is -0.479 e. The molecule has 1 atom stereocenters. The zero-order valence-corrected chi connectivity index (χ0v) is 13.9. The quantitative estimate of drug-likeness (QED) is 0.838. The van der Waals surface area contributed by atoms with Crippen molar-refractivity contribution in [3.8, 4) is 0 Å². The van der Waals surface area contributed by atoms with E-state index in [9.17, 15) is 4.79 Å². The predicted molar refractivity (Wildman–Crippen MR) is 92.6 cm³/mol. The fourth-order valence-corrected chi connectivity index (χ4v) is 3.32. The van der Waals surface area contributed by atoms with Crippen LogP contribution in [-0.4, -0.2) is 24.0 Å². The summed E-state index contributed by atoms with van der Waals surface area (Å²) >= 11 is 0. The van der Waals surface area contributed by atoms with Crippen molar-refractivity contribution in [2.75, 3.05) is 13.2 Å². The number of primary amides is 1. The van der Waals surface area contributed by atoms with Gasteiger partial charge in [-0.05, 0) is 43.1 Å². The molecule has 0 radical (unpaired) electrons. The van der Waals surface area contributed by atoms with Gasteiger partial charge in [0.05, 0.1) is 6.61 Å². The Bertz CT molecular complexity index is 672. The minimum atomic E-state index is -0.487. The first-order valence-electron chi connectivity index (χ1n) is 8.88. The fraction of sp³-hybridized carbons (Fsp3) is 0.450. The van der Waals surface area contributed by atoms with Gasteiger partial charge in [0.2, 0.25) is 5.91 Å². The Morgan fingerprint density at radius 2 is 1.96 bits per heavy atom. The molecule has 2 saturated carbocycles. The monoisotopic (exact) mass is 324 g/mol. The van der Waals surface area contributed by atoms with E-state index in [1.807, 2.05) is 35.2 Å². The zero-order valence-electron chi connectivity index (χ0n) is 13.9. The van der Waals surface area contributed by atoms with Crippen molar-refractivity contribution in [2.24, 2.45) is 17.6 Å². The SMILES string of the molecule is NC(=O)[C@H](c1ccccc1)N1CC=CC(C2CC2)=C1OCC1CC1. The maximum atomic E-state index is 12.3. The fourth-order valence-electron chi connectivity index (χ4n) is 3.32. The lowest BCUT2D eigenvalue weighted by Crippen LogP contribution is -2.40. The van der Waals surface area contributed by atoms with Crippen LogP contribution in [0.1, 0.15) is 37.3 Å². The summed E-state index contributed by atoms with van der Waals surface area (Å²) in [6, 6.07) is 9.28. The molecular weight excluding hydrogens is 300 g/mol. The average molecular weight is 324 g/mol. The molecule has 0 unspecified atom stereocenters. The summed E-state index contributed by atoms with van der Waals surface area (Å²) in [5.74, 6) is 1.79. The molecule has 1 amide bonds. The van der Waals surface area contributed by atoms with E-state index in [1.165, 1.54) is 31.3 Å². The normalized spacial score (nSPS) is 21.8. The Labute approximate surface area is 143 Å². The lowest BCUT2D eigenvalue weighted by molar-refractivity contribution is -0.123. The van der Waals surface area contributed by atoms with Crippen LogP contribution in [0.3, 0.4) is 0 Å². The van der Waals surface area contributed by atoms with Crippen LogP contribution in [0, 0.1) is 11.8 Å². The molecule has 1 heterocycles. The Morgan fingerprint density at radius 3 is 2.58 bits per heavy atom. The number of nitrogens with zero attached hydrogens (tertiary/aromatic N) is 1. The molecule has 4 rings (SSSR count). The molecule has 24 heavy (non-hydrogen) atoms. The molecule has 4 nitrogen and oxygen atoms in total. The van der Waals surface area contributed by atoms with E-state index in [0.717, 1.165) is 18.1 Å². The summed E-state index contributed by atoms with van der Waals surface area (Å²) in [4.78, 5) is 14.3. The topological polar surface area (TPSA) is 55.6 Å². The number of allylic oxidation sites excluding steroid dienone is 2. The number of carbonyl (C=O) groups excluding carboxylic acids is 1. The first-order chi connectivity index (χ1) is 11.7. The van der Waals surface area contributed by atoms with Crippen LogP contribution >= 0.6 is 0 Å². The van der Waals surface area contributed by atoms with E-state index in [2.05, 4.69) is 12.2 Å². The number of amides is 1. The van der Waals surface area contributed by atoms with Crippen molar-refractivity contribution < 1.29 is 9.53 Å². The Balaban J connectivity index is 1.67. The van der Waals surface area contributed by atoms with Gasteiger partial charge >= 0.3 is 0 Å². The highest BCUT2D eigenvalue weighted by atomic mass is 16.5. The molecular formula is C20H24N2O2. The number of rotatable bonds is 7. The molecule has 0 spiro atoms. The van der Waals surface area contributed by atoms with Gasteiger partial charge in [-0.3, -0.25) is 4.79 Å². The molecule has 2 aliphatic carbocycles. The third-order valence-corrected chi connectivity index (χ3v) is 4.97. The van der Waals surface area contributed by atoms with Gasteiger partial charge in [0.15, 0.2) is 5.88 Å². The van der Waals surface area contributed by atoms with Crippen LogP contribution in [0.4, 0.5) is 0 Å². The van der Waals surface area contributed by atoms with Crippen molar-refractivity contribution in [1.82, 2.24) is 4.90 Å². The first kappa shape index (κ1) is 15.3. The van der Waals surface area contributed by atoms with Crippen LogP contribution in [0.25, 0.3) is 0 Å². The number of ether oxygens (including phenoxy) is 1. The molecule has 0 aromatic heterocycles. The first-order valence-corrected chi connectivity index (χ1v) is 8.88. The van der Waals surface area contributed by atoms with Crippen LogP contribution in [-0.2, 0) is 9.53 Å². The molecule has 1 aromatic rings. The predicted octanol–water partition coefficient (Wildman–Crippen LogP) is 3.13. The van der Waals surface area contributed by atoms with Crippen LogP contribution in [0.15, 0.2) is 53.9 Å². The maximum absolute atomic E-state index is 12.3. The lowest BCUT2D eigenvalue weighted by atomic mass is 10.0. The lowest BCUT2D eigenvalue weighted by Gasteiger charge is -2.35. The highest BCUT2D eigenvalue weighted by molar-refractivity contribution is 5.81. The number of hydrogen-bond donors (Lipinski definition) is 1. The van der Waals surface area contributed by atoms with Gasteiger partial charge in [-0.2, -0.15) is 0 Å². The van der Waals surface area contributed by atoms with Gasteiger partial charge in [-0.1, -0.05) is 42.5 Å². The van der Waals surface area contributed by atoms with Gasteiger partial charge in [0.25, 0.3) is 0 Å². The molecule has 126 valence electrons. The van der Waals surface area contributed by atoms with Crippen LogP contribution < -0.4 is 5.73 Å². The molecule has 1 aliphatic heterocycles. The second-order valence-corrected chi connectivity index (χ2v) is 7.06. The summed E-state index contributed by atoms with van der Waals surface area (Å²) in [7, 11) is 0. The minimum absolute atomic E-state index is 0.334. The average Bonchev–Trinajstić information content (AvgIpc) is 3.48.